The van der Waals surface area contributed by atoms with E-state index >= 15 is 0 Å². The second-order valence-corrected chi connectivity index (χ2v) is 5.42. The van der Waals surface area contributed by atoms with Gasteiger partial charge in [0, 0.05) is 35.5 Å². The maximum atomic E-state index is 11.9. The van der Waals surface area contributed by atoms with Crippen LogP contribution in [0.5, 0.6) is 0 Å². The summed E-state index contributed by atoms with van der Waals surface area (Å²) in [4.78, 5) is 15.8. The first-order valence-corrected chi connectivity index (χ1v) is 7.19. The van der Waals surface area contributed by atoms with Gasteiger partial charge in [-0.05, 0) is 30.2 Å². The lowest BCUT2D eigenvalue weighted by atomic mass is 10.1. The smallest absolute Gasteiger partial charge is 0.253 e. The van der Waals surface area contributed by atoms with Gasteiger partial charge in [-0.2, -0.15) is 0 Å². The van der Waals surface area contributed by atoms with Crippen LogP contribution in [0.4, 0.5) is 0 Å². The van der Waals surface area contributed by atoms with Gasteiger partial charge in [-0.3, -0.25) is 4.79 Å². The van der Waals surface area contributed by atoms with Crippen molar-refractivity contribution in [1.29, 1.82) is 0 Å². The summed E-state index contributed by atoms with van der Waals surface area (Å²) in [5.74, 6) is -0.473. The molecule has 0 aliphatic rings. The van der Waals surface area contributed by atoms with Gasteiger partial charge in [-0.15, -0.1) is 0 Å². The van der Waals surface area contributed by atoms with Crippen LogP contribution < -0.4 is 5.32 Å². The first kappa shape index (κ1) is 15.8. The van der Waals surface area contributed by atoms with Gasteiger partial charge in [0.15, 0.2) is 6.10 Å². The fourth-order valence-electron chi connectivity index (χ4n) is 1.87. The van der Waals surface area contributed by atoms with Crippen LogP contribution in [0.1, 0.15) is 18.1 Å². The Morgan fingerprint density at radius 1 is 1.33 bits per heavy atom. The van der Waals surface area contributed by atoms with Crippen molar-refractivity contribution in [3.05, 3.63) is 52.5 Å². The van der Waals surface area contributed by atoms with Crippen LogP contribution in [0.2, 0.25) is 10.0 Å². The summed E-state index contributed by atoms with van der Waals surface area (Å²) >= 11 is 11.7. The van der Waals surface area contributed by atoms with Gasteiger partial charge in [-0.25, -0.2) is 4.98 Å². The first-order chi connectivity index (χ1) is 10.1. The van der Waals surface area contributed by atoms with Gasteiger partial charge in [-0.1, -0.05) is 23.2 Å². The van der Waals surface area contributed by atoms with E-state index in [1.54, 1.807) is 18.6 Å². The van der Waals surface area contributed by atoms with Crippen molar-refractivity contribution >= 4 is 29.1 Å². The third kappa shape index (κ3) is 4.74. The number of nitrogens with zero attached hydrogens (tertiary/aromatic N) is 2. The van der Waals surface area contributed by atoms with Crippen LogP contribution in [0, 0.1) is 0 Å². The van der Waals surface area contributed by atoms with Crippen LogP contribution in [0.25, 0.3) is 0 Å². The minimum atomic E-state index is -1.28. The zero-order valence-electron chi connectivity index (χ0n) is 11.2. The van der Waals surface area contributed by atoms with Crippen molar-refractivity contribution in [3.63, 3.8) is 0 Å². The summed E-state index contributed by atoms with van der Waals surface area (Å²) in [6.07, 6.45) is 4.72. The first-order valence-electron chi connectivity index (χ1n) is 6.44. The average molecular weight is 328 g/mol. The van der Waals surface area contributed by atoms with Crippen molar-refractivity contribution in [2.45, 2.75) is 19.1 Å². The number of benzene rings is 1. The molecule has 1 heterocycles. The van der Waals surface area contributed by atoms with E-state index in [2.05, 4.69) is 10.3 Å². The summed E-state index contributed by atoms with van der Waals surface area (Å²) in [6.45, 7) is 1.21. The van der Waals surface area contributed by atoms with E-state index in [0.717, 1.165) is 13.0 Å². The molecular formula is C14H15Cl2N3O2. The Hall–Kier alpha value is -1.56. The van der Waals surface area contributed by atoms with Crippen LogP contribution in [-0.2, 0) is 11.3 Å². The van der Waals surface area contributed by atoms with E-state index < -0.39 is 12.0 Å². The number of rotatable bonds is 6. The minimum absolute atomic E-state index is 0.375. The Morgan fingerprint density at radius 2 is 2.05 bits per heavy atom. The van der Waals surface area contributed by atoms with Gasteiger partial charge in [0.25, 0.3) is 5.91 Å². The molecule has 0 aliphatic carbocycles. The Bertz CT molecular complexity index is 582. The monoisotopic (exact) mass is 327 g/mol. The SMILES string of the molecule is O=C(NCCCn1ccnc1)C(O)c1cc(Cl)cc(Cl)c1. The average Bonchev–Trinajstić information content (AvgIpc) is 2.94. The molecule has 21 heavy (non-hydrogen) atoms. The zero-order chi connectivity index (χ0) is 15.2. The molecule has 5 nitrogen and oxygen atoms in total. The third-order valence-electron chi connectivity index (χ3n) is 2.90. The molecule has 7 heteroatoms. The lowest BCUT2D eigenvalue weighted by molar-refractivity contribution is -0.129. The molecule has 0 aliphatic heterocycles. The Balaban J connectivity index is 1.82. The van der Waals surface area contributed by atoms with Crippen LogP contribution in [0.15, 0.2) is 36.9 Å². The number of carbonyl (C=O) groups is 1. The van der Waals surface area contributed by atoms with E-state index in [9.17, 15) is 9.90 Å². The van der Waals surface area contributed by atoms with Crippen molar-refractivity contribution in [2.75, 3.05) is 6.54 Å². The molecule has 1 aromatic carbocycles. The topological polar surface area (TPSA) is 67.2 Å². The summed E-state index contributed by atoms with van der Waals surface area (Å²) in [7, 11) is 0. The number of aromatic nitrogens is 2. The van der Waals surface area contributed by atoms with Gasteiger partial charge in [0.05, 0.1) is 6.33 Å². The molecule has 1 aromatic heterocycles. The largest absolute Gasteiger partial charge is 0.378 e. The number of hydrogen-bond acceptors (Lipinski definition) is 3. The van der Waals surface area contributed by atoms with Crippen molar-refractivity contribution in [2.24, 2.45) is 0 Å². The highest BCUT2D eigenvalue weighted by molar-refractivity contribution is 6.34. The van der Waals surface area contributed by atoms with Gasteiger partial charge in [0.2, 0.25) is 0 Å². The minimum Gasteiger partial charge on any atom is -0.378 e. The molecule has 0 fully saturated rings. The maximum absolute atomic E-state index is 11.9. The van der Waals surface area contributed by atoms with Crippen molar-refractivity contribution in [3.8, 4) is 0 Å². The molecule has 0 bridgehead atoms. The molecule has 2 N–H and O–H groups in total. The molecule has 2 aromatic rings. The number of halogens is 2. The van der Waals surface area contributed by atoms with Crippen molar-refractivity contribution < 1.29 is 9.90 Å². The normalized spacial score (nSPS) is 12.1. The highest BCUT2D eigenvalue weighted by atomic mass is 35.5. The summed E-state index contributed by atoms with van der Waals surface area (Å²) in [5.41, 5.74) is 0.375. The molecule has 1 atom stereocenters. The Labute approximate surface area is 132 Å². The van der Waals surface area contributed by atoms with Gasteiger partial charge < -0.3 is 15.0 Å². The second-order valence-electron chi connectivity index (χ2n) is 4.55. The number of imidazole rings is 1. The lowest BCUT2D eigenvalue weighted by Crippen LogP contribution is -2.30. The summed E-state index contributed by atoms with van der Waals surface area (Å²) in [6, 6.07) is 4.58. The van der Waals surface area contributed by atoms with E-state index in [1.165, 1.54) is 12.1 Å². The third-order valence-corrected chi connectivity index (χ3v) is 3.34. The highest BCUT2D eigenvalue weighted by Crippen LogP contribution is 2.23. The van der Waals surface area contributed by atoms with Gasteiger partial charge >= 0.3 is 0 Å². The standard InChI is InChI=1S/C14H15Cl2N3O2/c15-11-6-10(7-12(16)8-11)13(20)14(21)18-2-1-4-19-5-3-17-9-19/h3,5-9,13,20H,1-2,4H2,(H,18,21). The lowest BCUT2D eigenvalue weighted by Gasteiger charge is -2.12. The highest BCUT2D eigenvalue weighted by Gasteiger charge is 2.17. The van der Waals surface area contributed by atoms with E-state index in [1.807, 2.05) is 10.8 Å². The number of hydrogen-bond donors (Lipinski definition) is 2. The summed E-state index contributed by atoms with van der Waals surface area (Å²) < 4.78 is 1.92. The Kier molecular flexibility index (Phi) is 5.61. The predicted molar refractivity (Wildman–Crippen MR) is 81.3 cm³/mol. The molecule has 1 unspecified atom stereocenters. The number of carbonyl (C=O) groups excluding carboxylic acids is 1. The number of aliphatic hydroxyl groups is 1. The molecule has 112 valence electrons. The molecule has 0 saturated heterocycles. The molecule has 0 radical (unpaired) electrons. The quantitative estimate of drug-likeness (QED) is 0.801. The number of nitrogens with one attached hydrogen (secondary N) is 1. The molecular weight excluding hydrogens is 313 g/mol. The molecule has 2 rings (SSSR count). The fraction of sp³-hybridized carbons (Fsp3) is 0.286. The number of aryl methyl sites for hydroxylation is 1. The maximum Gasteiger partial charge on any atom is 0.253 e. The molecule has 0 spiro atoms. The van der Waals surface area contributed by atoms with Crippen LogP contribution in [-0.4, -0.2) is 27.1 Å². The second kappa shape index (κ2) is 7.45. The zero-order valence-corrected chi connectivity index (χ0v) is 12.7. The number of amides is 1. The summed E-state index contributed by atoms with van der Waals surface area (Å²) in [5, 5.41) is 13.4. The van der Waals surface area contributed by atoms with E-state index in [0.29, 0.717) is 22.2 Å². The Morgan fingerprint density at radius 3 is 2.67 bits per heavy atom. The van der Waals surface area contributed by atoms with Crippen LogP contribution in [0.3, 0.4) is 0 Å². The fourth-order valence-corrected chi connectivity index (χ4v) is 2.42. The molecule has 0 saturated carbocycles. The molecule has 1 amide bonds. The van der Waals surface area contributed by atoms with Crippen molar-refractivity contribution in [1.82, 2.24) is 14.9 Å². The van der Waals surface area contributed by atoms with E-state index in [-0.39, 0.29) is 0 Å². The van der Waals surface area contributed by atoms with Crippen LogP contribution >= 0.6 is 23.2 Å². The van der Waals surface area contributed by atoms with E-state index in [4.69, 9.17) is 23.2 Å². The predicted octanol–water partition coefficient (Wildman–Crippen LogP) is 2.43. The number of aliphatic hydroxyl groups excluding tert-OH is 1. The van der Waals surface area contributed by atoms with Gasteiger partial charge in [0.1, 0.15) is 0 Å².